The van der Waals surface area contributed by atoms with Crippen molar-refractivity contribution in [3.05, 3.63) is 77.5 Å². The van der Waals surface area contributed by atoms with Gasteiger partial charge in [-0.1, -0.05) is 30.8 Å². The minimum Gasteiger partial charge on any atom is -0.338 e. The number of thioether (sulfide) groups is 1. The van der Waals surface area contributed by atoms with E-state index in [2.05, 4.69) is 64.5 Å². The lowest BCUT2D eigenvalue weighted by atomic mass is 9.95. The second-order valence-electron chi connectivity index (χ2n) is 7.69. The maximum Gasteiger partial charge on any atom is 0.160 e. The van der Waals surface area contributed by atoms with Crippen LogP contribution in [0.25, 0.3) is 5.82 Å². The maximum absolute atomic E-state index is 5.15. The highest BCUT2D eigenvalue weighted by Crippen LogP contribution is 2.49. The van der Waals surface area contributed by atoms with E-state index in [4.69, 9.17) is 4.99 Å². The van der Waals surface area contributed by atoms with Gasteiger partial charge < -0.3 is 9.47 Å². The number of fused-ring (bicyclic) bond motifs is 1. The molecule has 0 aromatic carbocycles. The molecule has 0 radical (unpaired) electrons. The summed E-state index contributed by atoms with van der Waals surface area (Å²) in [4.78, 5) is 17.0. The van der Waals surface area contributed by atoms with Crippen molar-refractivity contribution in [3.8, 4) is 5.82 Å². The second-order valence-corrected chi connectivity index (χ2v) is 8.67. The van der Waals surface area contributed by atoms with E-state index in [1.807, 2.05) is 42.4 Å². The first-order valence-corrected chi connectivity index (χ1v) is 11.2. The minimum absolute atomic E-state index is 0.0192. The standard InChI is InChI=1S/C23H25N5S/c1-4-17-14-29-23-26-21(19-9-5-7-11-24-19)22(28(17)23)18-13-15(2)27(16(18)3)20-10-6-8-12-25-20/h5-13,17,21-22H,4,14H2,1-3H3/t17-,21+,22+/m0/s1. The number of aryl methyl sites for hydroxylation is 1. The summed E-state index contributed by atoms with van der Waals surface area (Å²) >= 11 is 1.88. The van der Waals surface area contributed by atoms with Crippen LogP contribution in [0, 0.1) is 13.8 Å². The lowest BCUT2D eigenvalue weighted by Crippen LogP contribution is -2.35. The van der Waals surface area contributed by atoms with Crippen LogP contribution in [0.5, 0.6) is 0 Å². The number of rotatable bonds is 4. The number of pyridine rings is 2. The second kappa shape index (κ2) is 7.34. The molecule has 0 aliphatic carbocycles. The molecule has 2 aliphatic rings. The molecule has 0 N–H and O–H groups in total. The Morgan fingerprint density at radius 3 is 2.55 bits per heavy atom. The summed E-state index contributed by atoms with van der Waals surface area (Å²) in [5, 5.41) is 1.17. The van der Waals surface area contributed by atoms with Gasteiger partial charge in [0.1, 0.15) is 11.9 Å². The summed E-state index contributed by atoms with van der Waals surface area (Å²) < 4.78 is 2.26. The number of hydrogen-bond donors (Lipinski definition) is 0. The molecular weight excluding hydrogens is 378 g/mol. The molecule has 3 aromatic rings. The van der Waals surface area contributed by atoms with Gasteiger partial charge in [0.05, 0.1) is 11.7 Å². The van der Waals surface area contributed by atoms with Crippen LogP contribution in [0.3, 0.4) is 0 Å². The molecule has 1 saturated heterocycles. The van der Waals surface area contributed by atoms with E-state index in [1.165, 1.54) is 22.1 Å². The Bertz CT molecular complexity index is 1040. The molecule has 2 aliphatic heterocycles. The molecule has 5 heterocycles. The summed E-state index contributed by atoms with van der Waals surface area (Å²) in [7, 11) is 0. The average Bonchev–Trinajstić information content (AvgIpc) is 3.40. The molecule has 29 heavy (non-hydrogen) atoms. The van der Waals surface area contributed by atoms with Gasteiger partial charge in [-0.05, 0) is 56.2 Å². The van der Waals surface area contributed by atoms with E-state index < -0.39 is 0 Å². The molecule has 6 heteroatoms. The Balaban J connectivity index is 1.64. The molecular formula is C23H25N5S. The first-order chi connectivity index (χ1) is 14.2. The molecule has 3 atom stereocenters. The summed E-state index contributed by atoms with van der Waals surface area (Å²) in [6.45, 7) is 6.64. The Kier molecular flexibility index (Phi) is 4.66. The fourth-order valence-corrected chi connectivity index (χ4v) is 5.95. The van der Waals surface area contributed by atoms with Crippen molar-refractivity contribution >= 4 is 16.9 Å². The highest BCUT2D eigenvalue weighted by Gasteiger charge is 2.46. The van der Waals surface area contributed by atoms with Gasteiger partial charge in [-0.15, -0.1) is 0 Å². The highest BCUT2D eigenvalue weighted by atomic mass is 32.2. The lowest BCUT2D eigenvalue weighted by molar-refractivity contribution is 0.254. The molecule has 0 bridgehead atoms. The largest absolute Gasteiger partial charge is 0.338 e. The van der Waals surface area contributed by atoms with Crippen LogP contribution < -0.4 is 0 Å². The smallest absolute Gasteiger partial charge is 0.160 e. The Labute approximate surface area is 175 Å². The van der Waals surface area contributed by atoms with Crippen molar-refractivity contribution in [2.45, 2.75) is 45.3 Å². The summed E-state index contributed by atoms with van der Waals surface area (Å²) in [5.74, 6) is 2.07. The van der Waals surface area contributed by atoms with Crippen molar-refractivity contribution in [1.82, 2.24) is 19.4 Å². The van der Waals surface area contributed by atoms with Gasteiger partial charge in [0, 0.05) is 35.6 Å². The highest BCUT2D eigenvalue weighted by molar-refractivity contribution is 8.14. The summed E-state index contributed by atoms with van der Waals surface area (Å²) in [5.41, 5.74) is 4.79. The van der Waals surface area contributed by atoms with E-state index in [1.54, 1.807) is 0 Å². The fraction of sp³-hybridized carbons (Fsp3) is 0.348. The summed E-state index contributed by atoms with van der Waals surface area (Å²) in [6.07, 6.45) is 4.85. The topological polar surface area (TPSA) is 46.3 Å². The third kappa shape index (κ3) is 2.97. The molecule has 0 unspecified atom stereocenters. The van der Waals surface area contributed by atoms with Crippen LogP contribution in [0.2, 0.25) is 0 Å². The predicted molar refractivity (Wildman–Crippen MR) is 119 cm³/mol. The molecule has 5 rings (SSSR count). The lowest BCUT2D eigenvalue weighted by Gasteiger charge is -2.32. The number of aromatic nitrogens is 3. The molecule has 148 valence electrons. The zero-order valence-corrected chi connectivity index (χ0v) is 17.8. The SMILES string of the molecule is CC[C@H]1CSC2=N[C@H](c3ccccn3)[C@@H](c3cc(C)n(-c4ccccn4)c3C)N21. The van der Waals surface area contributed by atoms with E-state index >= 15 is 0 Å². The number of hydrogen-bond acceptors (Lipinski definition) is 5. The van der Waals surface area contributed by atoms with Crippen molar-refractivity contribution in [2.75, 3.05) is 5.75 Å². The molecule has 5 nitrogen and oxygen atoms in total. The van der Waals surface area contributed by atoms with Gasteiger partial charge in [0.2, 0.25) is 0 Å². The number of aliphatic imine (C=N–C) groups is 1. The average molecular weight is 404 g/mol. The fourth-order valence-electron chi connectivity index (χ4n) is 4.61. The van der Waals surface area contributed by atoms with Gasteiger partial charge in [-0.2, -0.15) is 0 Å². The van der Waals surface area contributed by atoms with Gasteiger partial charge in [-0.25, -0.2) is 4.98 Å². The number of nitrogens with zero attached hydrogens (tertiary/aromatic N) is 5. The molecule has 3 aromatic heterocycles. The number of amidine groups is 1. The van der Waals surface area contributed by atoms with E-state index in [9.17, 15) is 0 Å². The maximum atomic E-state index is 5.15. The third-order valence-electron chi connectivity index (χ3n) is 6.00. The van der Waals surface area contributed by atoms with Crippen molar-refractivity contribution in [1.29, 1.82) is 0 Å². The van der Waals surface area contributed by atoms with E-state index in [-0.39, 0.29) is 12.1 Å². The molecule has 1 fully saturated rings. The monoisotopic (exact) mass is 403 g/mol. The molecule has 0 spiro atoms. The van der Waals surface area contributed by atoms with Crippen LogP contribution in [0.4, 0.5) is 0 Å². The quantitative estimate of drug-likeness (QED) is 0.624. The Hall–Kier alpha value is -2.60. The van der Waals surface area contributed by atoms with Crippen molar-refractivity contribution < 1.29 is 0 Å². The van der Waals surface area contributed by atoms with Gasteiger partial charge in [0.25, 0.3) is 0 Å². The molecule has 0 saturated carbocycles. The first-order valence-electron chi connectivity index (χ1n) is 10.2. The normalized spacial score (nSPS) is 23.3. The minimum atomic E-state index is 0.0192. The van der Waals surface area contributed by atoms with Crippen molar-refractivity contribution in [2.24, 2.45) is 4.99 Å². The third-order valence-corrected chi connectivity index (χ3v) is 7.12. The van der Waals surface area contributed by atoms with E-state index in [0.29, 0.717) is 6.04 Å². The first kappa shape index (κ1) is 18.4. The zero-order valence-electron chi connectivity index (χ0n) is 17.0. The van der Waals surface area contributed by atoms with Crippen LogP contribution in [-0.2, 0) is 0 Å². The van der Waals surface area contributed by atoms with E-state index in [0.717, 1.165) is 23.7 Å². The Morgan fingerprint density at radius 1 is 1.07 bits per heavy atom. The van der Waals surface area contributed by atoms with Crippen LogP contribution in [0.1, 0.15) is 48.1 Å². The van der Waals surface area contributed by atoms with Gasteiger partial charge in [-0.3, -0.25) is 9.98 Å². The zero-order chi connectivity index (χ0) is 20.0. The molecule has 0 amide bonds. The Morgan fingerprint density at radius 2 is 1.86 bits per heavy atom. The van der Waals surface area contributed by atoms with Crippen molar-refractivity contribution in [3.63, 3.8) is 0 Å². The van der Waals surface area contributed by atoms with Crippen LogP contribution in [-0.4, -0.2) is 36.4 Å². The van der Waals surface area contributed by atoms with Crippen LogP contribution >= 0.6 is 11.8 Å². The van der Waals surface area contributed by atoms with Gasteiger partial charge >= 0.3 is 0 Å². The summed E-state index contributed by atoms with van der Waals surface area (Å²) in [6, 6.07) is 15.2. The van der Waals surface area contributed by atoms with Gasteiger partial charge in [0.15, 0.2) is 5.17 Å². The van der Waals surface area contributed by atoms with Crippen LogP contribution in [0.15, 0.2) is 59.9 Å². The predicted octanol–water partition coefficient (Wildman–Crippen LogP) is 4.86.